The van der Waals surface area contributed by atoms with Gasteiger partial charge in [-0.25, -0.2) is 23.2 Å². The van der Waals surface area contributed by atoms with Crippen LogP contribution in [0.4, 0.5) is 0 Å². The largest absolute Gasteiger partial charge is 0.238 e. The zero-order chi connectivity index (χ0) is 12.8. The molecule has 0 bridgehead atoms. The lowest BCUT2D eigenvalue weighted by Crippen LogP contribution is -2.11. The third kappa shape index (κ3) is 1.78. The molecule has 0 fully saturated rings. The highest BCUT2D eigenvalue weighted by Gasteiger charge is 2.12. The number of hydrogen-bond donors (Lipinski definition) is 1. The number of rotatable bonds is 2. The monoisotopic (exact) mass is 281 g/mol. The van der Waals surface area contributed by atoms with Crippen molar-refractivity contribution in [1.82, 2.24) is 19.1 Å². The summed E-state index contributed by atoms with van der Waals surface area (Å²) in [4.78, 5) is 4.11. The van der Waals surface area contributed by atoms with Crippen molar-refractivity contribution in [2.24, 2.45) is 5.14 Å². The molecule has 0 aliphatic heterocycles. The Balaban J connectivity index is 2.23. The molecule has 0 unspecified atom stereocenters. The van der Waals surface area contributed by atoms with Gasteiger partial charge < -0.3 is 0 Å². The van der Waals surface area contributed by atoms with Crippen molar-refractivity contribution in [3.63, 3.8) is 0 Å². The van der Waals surface area contributed by atoms with Crippen LogP contribution in [0.25, 0.3) is 16.0 Å². The maximum Gasteiger partial charge on any atom is 0.238 e. The van der Waals surface area contributed by atoms with Gasteiger partial charge in [0.1, 0.15) is 6.33 Å². The van der Waals surface area contributed by atoms with Gasteiger partial charge in [0.05, 0.1) is 16.6 Å². The Bertz CT molecular complexity index is 807. The van der Waals surface area contributed by atoms with Gasteiger partial charge in [-0.05, 0) is 18.2 Å². The number of nitrogens with zero attached hydrogens (tertiary/aromatic N) is 4. The molecule has 9 heteroatoms. The molecule has 0 radical (unpaired) electrons. The molecule has 18 heavy (non-hydrogen) atoms. The summed E-state index contributed by atoms with van der Waals surface area (Å²) in [7, 11) is -3.70. The summed E-state index contributed by atoms with van der Waals surface area (Å²) < 4.78 is 28.0. The molecule has 3 rings (SSSR count). The van der Waals surface area contributed by atoms with E-state index in [1.54, 1.807) is 16.9 Å². The van der Waals surface area contributed by atoms with Crippen molar-refractivity contribution < 1.29 is 8.42 Å². The van der Waals surface area contributed by atoms with Crippen molar-refractivity contribution >= 4 is 32.5 Å². The Morgan fingerprint density at radius 2 is 2.17 bits per heavy atom. The Labute approximate surface area is 106 Å². The highest BCUT2D eigenvalue weighted by Crippen LogP contribution is 2.21. The molecule has 3 aromatic rings. The van der Waals surface area contributed by atoms with Crippen molar-refractivity contribution in [3.8, 4) is 5.13 Å². The molecule has 0 aliphatic carbocycles. The van der Waals surface area contributed by atoms with Crippen LogP contribution in [0.3, 0.4) is 0 Å². The Hall–Kier alpha value is -1.84. The molecule has 92 valence electrons. The SMILES string of the molecule is NS(=O)(=O)c1ccc2c(cnn2-c2ncns2)c1. The van der Waals surface area contributed by atoms with Gasteiger partial charge in [-0.15, -0.1) is 0 Å². The molecule has 0 spiro atoms. The number of sulfonamides is 1. The second kappa shape index (κ2) is 3.83. The van der Waals surface area contributed by atoms with Gasteiger partial charge in [0.15, 0.2) is 0 Å². The third-order valence-corrected chi connectivity index (χ3v) is 3.95. The summed E-state index contributed by atoms with van der Waals surface area (Å²) >= 11 is 1.20. The number of primary sulfonamides is 1. The van der Waals surface area contributed by atoms with E-state index in [0.29, 0.717) is 10.5 Å². The molecule has 0 atom stereocenters. The third-order valence-electron chi connectivity index (χ3n) is 2.40. The second-order valence-electron chi connectivity index (χ2n) is 3.55. The van der Waals surface area contributed by atoms with E-state index < -0.39 is 10.0 Å². The van der Waals surface area contributed by atoms with Crippen molar-refractivity contribution in [1.29, 1.82) is 0 Å². The van der Waals surface area contributed by atoms with Crippen LogP contribution >= 0.6 is 11.5 Å². The molecule has 1 aromatic carbocycles. The van der Waals surface area contributed by atoms with E-state index >= 15 is 0 Å². The number of nitrogens with two attached hydrogens (primary N) is 1. The van der Waals surface area contributed by atoms with Gasteiger partial charge in [-0.3, -0.25) is 0 Å². The van der Waals surface area contributed by atoms with Crippen LogP contribution < -0.4 is 5.14 Å². The lowest BCUT2D eigenvalue weighted by molar-refractivity contribution is 0.598. The summed E-state index contributed by atoms with van der Waals surface area (Å²) in [5, 5.41) is 10.5. The van der Waals surface area contributed by atoms with E-state index in [2.05, 4.69) is 14.5 Å². The Morgan fingerprint density at radius 3 is 2.83 bits per heavy atom. The number of hydrogen-bond acceptors (Lipinski definition) is 6. The van der Waals surface area contributed by atoms with Gasteiger partial charge in [-0.1, -0.05) is 0 Å². The second-order valence-corrected chi connectivity index (χ2v) is 5.87. The average molecular weight is 281 g/mol. The predicted octanol–water partition coefficient (Wildman–Crippen LogP) is 0.524. The quantitative estimate of drug-likeness (QED) is 0.737. The zero-order valence-corrected chi connectivity index (χ0v) is 10.5. The fourth-order valence-electron chi connectivity index (χ4n) is 1.60. The topological polar surface area (TPSA) is 104 Å². The van der Waals surface area contributed by atoms with E-state index in [4.69, 9.17) is 5.14 Å². The maximum atomic E-state index is 11.2. The predicted molar refractivity (Wildman–Crippen MR) is 65.9 cm³/mol. The van der Waals surface area contributed by atoms with Crippen LogP contribution in [0, 0.1) is 0 Å². The number of aromatic nitrogens is 4. The van der Waals surface area contributed by atoms with E-state index in [1.807, 2.05) is 0 Å². The molecule has 0 aliphatic rings. The normalized spacial score (nSPS) is 12.1. The minimum atomic E-state index is -3.70. The summed E-state index contributed by atoms with van der Waals surface area (Å²) in [6.07, 6.45) is 3.00. The molecule has 2 N–H and O–H groups in total. The van der Waals surface area contributed by atoms with Crippen LogP contribution in [-0.2, 0) is 10.0 Å². The molecule has 2 heterocycles. The van der Waals surface area contributed by atoms with Crippen molar-refractivity contribution in [2.45, 2.75) is 4.90 Å². The van der Waals surface area contributed by atoms with E-state index in [1.165, 1.54) is 30.0 Å². The zero-order valence-electron chi connectivity index (χ0n) is 8.89. The van der Waals surface area contributed by atoms with Crippen molar-refractivity contribution in [3.05, 3.63) is 30.7 Å². The first-order chi connectivity index (χ1) is 8.55. The summed E-state index contributed by atoms with van der Waals surface area (Å²) in [5.41, 5.74) is 0.749. The molecular formula is C9H7N5O2S2. The first-order valence-electron chi connectivity index (χ1n) is 4.83. The van der Waals surface area contributed by atoms with Crippen molar-refractivity contribution in [2.75, 3.05) is 0 Å². The fraction of sp³-hybridized carbons (Fsp3) is 0. The van der Waals surface area contributed by atoms with E-state index in [-0.39, 0.29) is 4.90 Å². The van der Waals surface area contributed by atoms with Gasteiger partial charge >= 0.3 is 0 Å². The Kier molecular flexibility index (Phi) is 2.40. The highest BCUT2D eigenvalue weighted by molar-refractivity contribution is 7.89. The lowest BCUT2D eigenvalue weighted by atomic mass is 10.2. The summed E-state index contributed by atoms with van der Waals surface area (Å²) in [6.45, 7) is 0. The van der Waals surface area contributed by atoms with Gasteiger partial charge in [0.25, 0.3) is 0 Å². The van der Waals surface area contributed by atoms with E-state index in [9.17, 15) is 8.42 Å². The number of fused-ring (bicyclic) bond motifs is 1. The minimum absolute atomic E-state index is 0.0619. The molecule has 2 aromatic heterocycles. The van der Waals surface area contributed by atoms with Gasteiger partial charge in [0.2, 0.25) is 15.2 Å². The molecule has 0 saturated heterocycles. The van der Waals surface area contributed by atoms with Gasteiger partial charge in [0, 0.05) is 16.9 Å². The first-order valence-corrected chi connectivity index (χ1v) is 7.15. The minimum Gasteiger partial charge on any atom is -0.225 e. The van der Waals surface area contributed by atoms with Crippen LogP contribution in [0.5, 0.6) is 0 Å². The highest BCUT2D eigenvalue weighted by atomic mass is 32.2. The van der Waals surface area contributed by atoms with Crippen LogP contribution in [0.2, 0.25) is 0 Å². The molecule has 7 nitrogen and oxygen atoms in total. The van der Waals surface area contributed by atoms with Crippen LogP contribution in [-0.4, -0.2) is 27.6 Å². The number of benzene rings is 1. The average Bonchev–Trinajstić information content (AvgIpc) is 2.95. The van der Waals surface area contributed by atoms with Gasteiger partial charge in [-0.2, -0.15) is 9.47 Å². The molecule has 0 saturated carbocycles. The maximum absolute atomic E-state index is 11.2. The smallest absolute Gasteiger partial charge is 0.225 e. The van der Waals surface area contributed by atoms with E-state index in [0.717, 1.165) is 5.52 Å². The summed E-state index contributed by atoms with van der Waals surface area (Å²) in [5.74, 6) is 0. The summed E-state index contributed by atoms with van der Waals surface area (Å²) in [6, 6.07) is 4.57. The lowest BCUT2D eigenvalue weighted by Gasteiger charge is -1.99. The molecular weight excluding hydrogens is 274 g/mol. The van der Waals surface area contributed by atoms with Crippen LogP contribution in [0.15, 0.2) is 35.6 Å². The Morgan fingerprint density at radius 1 is 1.33 bits per heavy atom. The van der Waals surface area contributed by atoms with Crippen LogP contribution in [0.1, 0.15) is 0 Å². The molecule has 0 amide bonds. The first kappa shape index (κ1) is 11.3. The fourth-order valence-corrected chi connectivity index (χ4v) is 2.66. The standard InChI is InChI=1S/C9H7N5O2S2/c10-18(15,16)7-1-2-8-6(3-7)4-12-14(8)9-11-5-13-17-9/h1-5H,(H2,10,15,16).